The van der Waals surface area contributed by atoms with Gasteiger partial charge in [-0.15, -0.1) is 10.2 Å². The summed E-state index contributed by atoms with van der Waals surface area (Å²) >= 11 is 5.88. The van der Waals surface area contributed by atoms with Crippen LogP contribution in [0.1, 0.15) is 35.7 Å². The minimum absolute atomic E-state index is 0.176. The molecule has 2 heterocycles. The molecule has 138 valence electrons. The van der Waals surface area contributed by atoms with Gasteiger partial charge in [-0.05, 0) is 18.1 Å². The third-order valence-electron chi connectivity index (χ3n) is 4.76. The number of carbonyl (C=O) groups excluding carboxylic acids is 1. The van der Waals surface area contributed by atoms with Crippen molar-refractivity contribution in [2.75, 3.05) is 24.5 Å². The number of benzene rings is 1. The fourth-order valence-electron chi connectivity index (χ4n) is 3.49. The molecular weight excluding hydrogens is 350 g/mol. The van der Waals surface area contributed by atoms with Gasteiger partial charge in [-0.1, -0.05) is 55.3 Å². The molecule has 0 aliphatic carbocycles. The highest BCUT2D eigenvalue weighted by atomic mass is 35.5. The average Bonchev–Trinajstić information content (AvgIpc) is 2.64. The van der Waals surface area contributed by atoms with Gasteiger partial charge >= 0.3 is 0 Å². The number of hydrogen-bond donors (Lipinski definition) is 1. The third-order valence-corrected chi connectivity index (χ3v) is 4.95. The van der Waals surface area contributed by atoms with Gasteiger partial charge in [-0.3, -0.25) is 9.69 Å². The predicted octanol–water partition coefficient (Wildman–Crippen LogP) is 2.72. The SMILES string of the molecule is CCCC1CN(c2nnc(Cl)cc2C(N)=O)CCN1Cc1ccccc1. The number of primary amides is 1. The highest BCUT2D eigenvalue weighted by Gasteiger charge is 2.29. The maximum absolute atomic E-state index is 11.8. The van der Waals surface area contributed by atoms with Crippen LogP contribution >= 0.6 is 11.6 Å². The quantitative estimate of drug-likeness (QED) is 0.842. The van der Waals surface area contributed by atoms with Crippen molar-refractivity contribution < 1.29 is 4.79 Å². The largest absolute Gasteiger partial charge is 0.365 e. The van der Waals surface area contributed by atoms with E-state index >= 15 is 0 Å². The number of nitrogens with two attached hydrogens (primary N) is 1. The Morgan fingerprint density at radius 3 is 2.73 bits per heavy atom. The van der Waals surface area contributed by atoms with Gasteiger partial charge in [0.25, 0.3) is 5.91 Å². The van der Waals surface area contributed by atoms with E-state index in [0.29, 0.717) is 17.4 Å². The van der Waals surface area contributed by atoms with Crippen LogP contribution < -0.4 is 10.6 Å². The predicted molar refractivity (Wildman–Crippen MR) is 103 cm³/mol. The Labute approximate surface area is 158 Å². The van der Waals surface area contributed by atoms with E-state index in [4.69, 9.17) is 17.3 Å². The summed E-state index contributed by atoms with van der Waals surface area (Å²) in [7, 11) is 0. The van der Waals surface area contributed by atoms with Crippen LogP contribution in [-0.4, -0.2) is 46.7 Å². The summed E-state index contributed by atoms with van der Waals surface area (Å²) in [5.41, 5.74) is 7.15. The fourth-order valence-corrected chi connectivity index (χ4v) is 3.64. The minimum atomic E-state index is -0.532. The molecule has 1 unspecified atom stereocenters. The van der Waals surface area contributed by atoms with Crippen molar-refractivity contribution in [2.45, 2.75) is 32.4 Å². The Kier molecular flexibility index (Phi) is 6.06. The first kappa shape index (κ1) is 18.6. The van der Waals surface area contributed by atoms with Crippen LogP contribution in [0.5, 0.6) is 0 Å². The summed E-state index contributed by atoms with van der Waals surface area (Å²) in [5.74, 6) is -0.00193. The Morgan fingerprint density at radius 2 is 2.04 bits per heavy atom. The molecule has 1 aromatic heterocycles. The molecule has 7 heteroatoms. The van der Waals surface area contributed by atoms with E-state index < -0.39 is 5.91 Å². The number of rotatable bonds is 6. The second kappa shape index (κ2) is 8.47. The van der Waals surface area contributed by atoms with E-state index in [-0.39, 0.29) is 5.15 Å². The maximum atomic E-state index is 11.8. The Bertz CT molecular complexity index is 755. The van der Waals surface area contributed by atoms with Crippen molar-refractivity contribution in [1.82, 2.24) is 15.1 Å². The number of hydrogen-bond acceptors (Lipinski definition) is 5. The highest BCUT2D eigenvalue weighted by Crippen LogP contribution is 2.25. The second-order valence-electron chi connectivity index (χ2n) is 6.61. The smallest absolute Gasteiger partial charge is 0.252 e. The zero-order valence-electron chi connectivity index (χ0n) is 14.9. The molecule has 0 bridgehead atoms. The zero-order valence-corrected chi connectivity index (χ0v) is 15.7. The first-order valence-corrected chi connectivity index (χ1v) is 9.32. The number of anilines is 1. The lowest BCUT2D eigenvalue weighted by Crippen LogP contribution is -2.53. The highest BCUT2D eigenvalue weighted by molar-refractivity contribution is 6.29. The van der Waals surface area contributed by atoms with E-state index in [1.54, 1.807) is 0 Å². The topological polar surface area (TPSA) is 75.4 Å². The van der Waals surface area contributed by atoms with Crippen LogP contribution in [0.25, 0.3) is 0 Å². The Morgan fingerprint density at radius 1 is 1.27 bits per heavy atom. The summed E-state index contributed by atoms with van der Waals surface area (Å²) in [4.78, 5) is 16.4. The van der Waals surface area contributed by atoms with Gasteiger partial charge in [0, 0.05) is 32.2 Å². The van der Waals surface area contributed by atoms with Crippen LogP contribution in [0.15, 0.2) is 36.4 Å². The van der Waals surface area contributed by atoms with E-state index in [9.17, 15) is 4.79 Å². The van der Waals surface area contributed by atoms with Crippen LogP contribution in [0.4, 0.5) is 5.82 Å². The lowest BCUT2D eigenvalue weighted by molar-refractivity contribution is 0.0999. The van der Waals surface area contributed by atoms with Gasteiger partial charge in [0.15, 0.2) is 11.0 Å². The molecule has 1 amide bonds. The average molecular weight is 374 g/mol. The van der Waals surface area contributed by atoms with Crippen molar-refractivity contribution in [3.63, 3.8) is 0 Å². The summed E-state index contributed by atoms with van der Waals surface area (Å²) in [5, 5.41) is 8.24. The van der Waals surface area contributed by atoms with E-state index in [2.05, 4.69) is 51.2 Å². The molecule has 0 spiro atoms. The number of halogens is 1. The monoisotopic (exact) mass is 373 g/mol. The molecule has 1 aromatic carbocycles. The lowest BCUT2D eigenvalue weighted by Gasteiger charge is -2.42. The van der Waals surface area contributed by atoms with E-state index in [1.165, 1.54) is 11.6 Å². The van der Waals surface area contributed by atoms with Crippen LogP contribution in [0, 0.1) is 0 Å². The second-order valence-corrected chi connectivity index (χ2v) is 7.00. The van der Waals surface area contributed by atoms with Crippen molar-refractivity contribution in [3.05, 3.63) is 52.7 Å². The van der Waals surface area contributed by atoms with Crippen molar-refractivity contribution in [1.29, 1.82) is 0 Å². The number of piperazine rings is 1. The van der Waals surface area contributed by atoms with E-state index in [0.717, 1.165) is 39.0 Å². The van der Waals surface area contributed by atoms with Gasteiger partial charge < -0.3 is 10.6 Å². The zero-order chi connectivity index (χ0) is 18.5. The molecule has 2 aromatic rings. The molecule has 1 aliphatic rings. The molecule has 1 fully saturated rings. The molecular formula is C19H24ClN5O. The molecule has 0 saturated carbocycles. The van der Waals surface area contributed by atoms with Crippen molar-refractivity contribution in [2.24, 2.45) is 5.73 Å². The summed E-state index contributed by atoms with van der Waals surface area (Å²) in [6.07, 6.45) is 2.18. The van der Waals surface area contributed by atoms with Gasteiger partial charge in [-0.2, -0.15) is 0 Å². The number of aromatic nitrogens is 2. The molecule has 1 saturated heterocycles. The third kappa shape index (κ3) is 4.31. The molecule has 6 nitrogen and oxygen atoms in total. The lowest BCUT2D eigenvalue weighted by atomic mass is 10.0. The number of amides is 1. The van der Waals surface area contributed by atoms with Crippen LogP contribution in [0.3, 0.4) is 0 Å². The normalized spacial score (nSPS) is 18.1. The molecule has 26 heavy (non-hydrogen) atoms. The number of nitrogens with zero attached hydrogens (tertiary/aromatic N) is 4. The molecule has 1 aliphatic heterocycles. The molecule has 3 rings (SSSR count). The van der Waals surface area contributed by atoms with E-state index in [1.807, 2.05) is 6.07 Å². The summed E-state index contributed by atoms with van der Waals surface area (Å²) < 4.78 is 0. The Balaban J connectivity index is 1.78. The maximum Gasteiger partial charge on any atom is 0.252 e. The first-order chi connectivity index (χ1) is 12.6. The number of carbonyl (C=O) groups is 1. The molecule has 2 N–H and O–H groups in total. The van der Waals surface area contributed by atoms with Gasteiger partial charge in [0.2, 0.25) is 0 Å². The standard InChI is InChI=1S/C19H24ClN5O/c1-2-6-15-13-25(19-16(18(21)26)11-17(20)22-23-19)10-9-24(15)12-14-7-4-3-5-8-14/h3-5,7-8,11,15H,2,6,9-10,12-13H2,1H3,(H2,21,26). The minimum Gasteiger partial charge on any atom is -0.365 e. The molecule has 0 radical (unpaired) electrons. The summed E-state index contributed by atoms with van der Waals surface area (Å²) in [6, 6.07) is 12.4. The van der Waals surface area contributed by atoms with Crippen molar-refractivity contribution in [3.8, 4) is 0 Å². The van der Waals surface area contributed by atoms with Gasteiger partial charge in [0.05, 0.1) is 5.56 Å². The van der Waals surface area contributed by atoms with Gasteiger partial charge in [0.1, 0.15) is 0 Å². The first-order valence-electron chi connectivity index (χ1n) is 8.94. The van der Waals surface area contributed by atoms with Crippen LogP contribution in [0.2, 0.25) is 5.15 Å². The summed E-state index contributed by atoms with van der Waals surface area (Å²) in [6.45, 7) is 5.56. The van der Waals surface area contributed by atoms with Crippen LogP contribution in [-0.2, 0) is 6.54 Å². The fraction of sp³-hybridized carbons (Fsp3) is 0.421. The van der Waals surface area contributed by atoms with Gasteiger partial charge in [-0.25, -0.2) is 0 Å². The molecule has 1 atom stereocenters. The Hall–Kier alpha value is -2.18. The van der Waals surface area contributed by atoms with Crippen molar-refractivity contribution >= 4 is 23.3 Å².